The first-order chi connectivity index (χ1) is 14.2. The van der Waals surface area contributed by atoms with Crippen LogP contribution < -0.4 is 14.5 Å². The molecule has 0 saturated carbocycles. The average molecular weight is 394 g/mol. The van der Waals surface area contributed by atoms with Crippen molar-refractivity contribution in [3.63, 3.8) is 0 Å². The van der Waals surface area contributed by atoms with Crippen molar-refractivity contribution < 1.29 is 19.5 Å². The molecule has 6 heteroatoms. The summed E-state index contributed by atoms with van der Waals surface area (Å²) in [5.74, 6) is 0.974. The van der Waals surface area contributed by atoms with E-state index in [1.165, 1.54) is 29.0 Å². The van der Waals surface area contributed by atoms with Crippen LogP contribution in [0.25, 0.3) is 0 Å². The molecule has 29 heavy (non-hydrogen) atoms. The van der Waals surface area contributed by atoms with E-state index in [-0.39, 0.29) is 12.5 Å². The maximum Gasteiger partial charge on any atom is 0.303 e. The SMILES string of the molecule is O=C(O)CCC[NH+]1CCCC2=CC3=Nc4ccc(N5CCCC5)cc4OC3=CC21. The Hall–Kier alpha value is -2.60. The summed E-state index contributed by atoms with van der Waals surface area (Å²) in [6, 6.07) is 6.62. The fourth-order valence-electron chi connectivity index (χ4n) is 4.98. The number of carbonyl (C=O) groups is 1. The first-order valence-electron chi connectivity index (χ1n) is 10.8. The first-order valence-corrected chi connectivity index (χ1v) is 10.8. The Kier molecular flexibility index (Phi) is 4.87. The molecule has 3 heterocycles. The normalized spacial score (nSPS) is 25.1. The molecule has 3 aliphatic heterocycles. The molecule has 0 aromatic heterocycles. The van der Waals surface area contributed by atoms with Crippen molar-refractivity contribution in [2.24, 2.45) is 4.99 Å². The van der Waals surface area contributed by atoms with E-state index < -0.39 is 5.97 Å². The minimum Gasteiger partial charge on any atom is -0.481 e. The van der Waals surface area contributed by atoms with Gasteiger partial charge in [0.2, 0.25) is 0 Å². The van der Waals surface area contributed by atoms with Crippen LogP contribution in [-0.4, -0.2) is 49.0 Å². The number of aliphatic carboxylic acids is 1. The molecule has 0 bridgehead atoms. The van der Waals surface area contributed by atoms with Gasteiger partial charge in [-0.05, 0) is 43.0 Å². The molecule has 2 N–H and O–H groups in total. The van der Waals surface area contributed by atoms with Gasteiger partial charge >= 0.3 is 5.97 Å². The number of carboxylic acids is 1. The topological polar surface area (TPSA) is 66.6 Å². The number of hydrogen-bond donors (Lipinski definition) is 2. The molecule has 2 saturated heterocycles. The number of nitrogens with zero attached hydrogens (tertiary/aromatic N) is 2. The van der Waals surface area contributed by atoms with Crippen LogP contribution in [0.3, 0.4) is 0 Å². The zero-order valence-electron chi connectivity index (χ0n) is 16.7. The number of carboxylic acid groups (broad SMARTS) is 1. The van der Waals surface area contributed by atoms with Crippen molar-refractivity contribution >= 4 is 23.1 Å². The maximum atomic E-state index is 10.9. The van der Waals surface area contributed by atoms with Gasteiger partial charge in [0.05, 0.1) is 19.5 Å². The van der Waals surface area contributed by atoms with Gasteiger partial charge in [-0.1, -0.05) is 0 Å². The van der Waals surface area contributed by atoms with Gasteiger partial charge in [0.1, 0.15) is 17.4 Å². The van der Waals surface area contributed by atoms with Crippen LogP contribution in [0.1, 0.15) is 38.5 Å². The molecule has 2 fully saturated rings. The zero-order valence-corrected chi connectivity index (χ0v) is 16.7. The van der Waals surface area contributed by atoms with Crippen LogP contribution in [0.4, 0.5) is 11.4 Å². The standard InChI is InChI=1S/C23H27N3O3/c27-23(28)6-4-12-26-11-3-5-16-13-19-22(15-20(16)26)29-21-14-17(7-8-18(21)24-19)25-9-1-2-10-25/h7-8,13-15,20H,1-6,9-12H2,(H,27,28)/p+1. The predicted molar refractivity (Wildman–Crippen MR) is 112 cm³/mol. The summed E-state index contributed by atoms with van der Waals surface area (Å²) in [5, 5.41) is 8.95. The lowest BCUT2D eigenvalue weighted by molar-refractivity contribution is -0.917. The number of anilines is 1. The van der Waals surface area contributed by atoms with Crippen molar-refractivity contribution in [1.29, 1.82) is 0 Å². The highest BCUT2D eigenvalue weighted by atomic mass is 16.5. The third kappa shape index (κ3) is 3.69. The summed E-state index contributed by atoms with van der Waals surface area (Å²) >= 11 is 0. The molecule has 0 spiro atoms. The number of aliphatic imine (C=N–C) groups is 1. The molecule has 152 valence electrons. The quantitative estimate of drug-likeness (QED) is 0.805. The van der Waals surface area contributed by atoms with Crippen LogP contribution in [0.5, 0.6) is 5.75 Å². The lowest BCUT2D eigenvalue weighted by atomic mass is 9.89. The van der Waals surface area contributed by atoms with Crippen molar-refractivity contribution in [3.05, 3.63) is 41.7 Å². The largest absolute Gasteiger partial charge is 0.481 e. The summed E-state index contributed by atoms with van der Waals surface area (Å²) in [6.07, 6.45) is 10.1. The molecule has 5 rings (SSSR count). The van der Waals surface area contributed by atoms with Gasteiger partial charge in [0, 0.05) is 43.8 Å². The van der Waals surface area contributed by atoms with E-state index in [0.29, 0.717) is 6.42 Å². The second kappa shape index (κ2) is 7.67. The summed E-state index contributed by atoms with van der Waals surface area (Å²) in [6.45, 7) is 4.17. The highest BCUT2D eigenvalue weighted by Crippen LogP contribution is 2.39. The van der Waals surface area contributed by atoms with Gasteiger partial charge in [-0.2, -0.15) is 0 Å². The van der Waals surface area contributed by atoms with Gasteiger partial charge in [-0.25, -0.2) is 4.99 Å². The van der Waals surface area contributed by atoms with Gasteiger partial charge in [-0.3, -0.25) is 4.79 Å². The van der Waals surface area contributed by atoms with Crippen LogP contribution in [0.2, 0.25) is 0 Å². The average Bonchev–Trinajstić information content (AvgIpc) is 3.25. The third-order valence-corrected chi connectivity index (χ3v) is 6.46. The Labute approximate surface area is 171 Å². The number of allylic oxidation sites excluding steroid dienone is 1. The fraction of sp³-hybridized carbons (Fsp3) is 0.478. The summed E-state index contributed by atoms with van der Waals surface area (Å²) in [5.41, 5.74) is 4.43. The minimum absolute atomic E-state index is 0.238. The molecule has 1 aromatic carbocycles. The van der Waals surface area contributed by atoms with Gasteiger partial charge in [-0.15, -0.1) is 0 Å². The number of nitrogens with one attached hydrogen (secondary N) is 1. The second-order valence-electron chi connectivity index (χ2n) is 8.43. The summed E-state index contributed by atoms with van der Waals surface area (Å²) < 4.78 is 6.33. The van der Waals surface area contributed by atoms with Crippen molar-refractivity contribution in [2.45, 2.75) is 44.6 Å². The van der Waals surface area contributed by atoms with Gasteiger partial charge in [0.25, 0.3) is 0 Å². The van der Waals surface area contributed by atoms with E-state index in [9.17, 15) is 4.79 Å². The van der Waals surface area contributed by atoms with Gasteiger partial charge in [0.15, 0.2) is 11.5 Å². The molecular weight excluding hydrogens is 366 g/mol. The van der Waals surface area contributed by atoms with Crippen molar-refractivity contribution in [1.82, 2.24) is 0 Å². The van der Waals surface area contributed by atoms with Crippen LogP contribution >= 0.6 is 0 Å². The molecule has 1 aliphatic carbocycles. The highest BCUT2D eigenvalue weighted by molar-refractivity contribution is 6.11. The van der Waals surface area contributed by atoms with E-state index in [4.69, 9.17) is 14.8 Å². The summed E-state index contributed by atoms with van der Waals surface area (Å²) in [7, 11) is 0. The van der Waals surface area contributed by atoms with E-state index >= 15 is 0 Å². The van der Waals surface area contributed by atoms with Crippen molar-refractivity contribution in [3.8, 4) is 5.75 Å². The van der Waals surface area contributed by atoms with Crippen LogP contribution in [-0.2, 0) is 4.79 Å². The zero-order chi connectivity index (χ0) is 19.8. The van der Waals surface area contributed by atoms with E-state index in [2.05, 4.69) is 35.3 Å². The fourth-order valence-corrected chi connectivity index (χ4v) is 4.98. The molecule has 0 radical (unpaired) electrons. The lowest BCUT2D eigenvalue weighted by Gasteiger charge is -2.36. The Morgan fingerprint density at radius 2 is 2.14 bits per heavy atom. The lowest BCUT2D eigenvalue weighted by Crippen LogP contribution is -3.16. The number of fused-ring (bicyclic) bond motifs is 3. The molecular formula is C23H28N3O3+. The van der Waals surface area contributed by atoms with Crippen LogP contribution in [0.15, 0.2) is 46.7 Å². The Morgan fingerprint density at radius 1 is 1.28 bits per heavy atom. The number of quaternary nitrogens is 1. The smallest absolute Gasteiger partial charge is 0.303 e. The Bertz CT molecular complexity index is 912. The van der Waals surface area contributed by atoms with Crippen molar-refractivity contribution in [2.75, 3.05) is 31.1 Å². The third-order valence-electron chi connectivity index (χ3n) is 6.46. The molecule has 2 atom stereocenters. The van der Waals surface area contributed by atoms with Crippen LogP contribution in [0, 0.1) is 0 Å². The minimum atomic E-state index is -0.713. The number of benzene rings is 1. The monoisotopic (exact) mass is 394 g/mol. The molecule has 1 aromatic rings. The Balaban J connectivity index is 1.39. The predicted octanol–water partition coefficient (Wildman–Crippen LogP) is 2.49. The second-order valence-corrected chi connectivity index (χ2v) is 8.43. The van der Waals surface area contributed by atoms with E-state index in [0.717, 1.165) is 61.9 Å². The molecule has 0 amide bonds. The maximum absolute atomic E-state index is 10.9. The number of likely N-dealkylation sites (tertiary alicyclic amines) is 1. The summed E-state index contributed by atoms with van der Waals surface area (Å²) in [4.78, 5) is 19.6. The van der Waals surface area contributed by atoms with E-state index in [1.54, 1.807) is 0 Å². The Morgan fingerprint density at radius 3 is 2.97 bits per heavy atom. The number of piperidine rings is 1. The van der Waals surface area contributed by atoms with E-state index in [1.807, 2.05) is 0 Å². The number of rotatable bonds is 5. The molecule has 6 nitrogen and oxygen atoms in total. The first kappa shape index (κ1) is 18.4. The van der Waals surface area contributed by atoms with Gasteiger partial charge < -0.3 is 19.6 Å². The number of hydrogen-bond acceptors (Lipinski definition) is 4. The number of ether oxygens (including phenoxy) is 1. The molecule has 4 aliphatic rings. The molecule has 2 unspecified atom stereocenters. The highest BCUT2D eigenvalue weighted by Gasteiger charge is 2.34.